The molecule has 1 aliphatic rings. The molecular weight excluding hydrogens is 346 g/mol. The number of nitrogens with two attached hydrogens (primary N) is 1. The Balaban J connectivity index is 2.23. The summed E-state index contributed by atoms with van der Waals surface area (Å²) in [7, 11) is 0. The van der Waals surface area contributed by atoms with Gasteiger partial charge in [0.25, 0.3) is 5.91 Å². The average Bonchev–Trinajstić information content (AvgIpc) is 2.90. The molecule has 1 aromatic carbocycles. The van der Waals surface area contributed by atoms with Crippen molar-refractivity contribution in [1.82, 2.24) is 5.32 Å². The van der Waals surface area contributed by atoms with Crippen molar-refractivity contribution >= 4 is 39.3 Å². The molecule has 0 aliphatic heterocycles. The van der Waals surface area contributed by atoms with Crippen LogP contribution < -0.4 is 11.1 Å². The molecule has 5 nitrogen and oxygen atoms in total. The molecule has 1 aromatic rings. The van der Waals surface area contributed by atoms with Crippen LogP contribution in [0.25, 0.3) is 0 Å². The number of nitrogens with one attached hydrogen (secondary N) is 1. The van der Waals surface area contributed by atoms with Gasteiger partial charge < -0.3 is 16.3 Å². The van der Waals surface area contributed by atoms with Crippen LogP contribution in [0.3, 0.4) is 0 Å². The van der Waals surface area contributed by atoms with Crippen LogP contribution in [0.1, 0.15) is 36.0 Å². The lowest BCUT2D eigenvalue weighted by atomic mass is 9.95. The van der Waals surface area contributed by atoms with Gasteiger partial charge in [-0.3, -0.25) is 4.79 Å². The first-order valence-corrected chi connectivity index (χ1v) is 7.41. The molecule has 1 saturated carbocycles. The van der Waals surface area contributed by atoms with E-state index < -0.39 is 5.54 Å². The van der Waals surface area contributed by atoms with Gasteiger partial charge in [0, 0.05) is 10.0 Å². The molecule has 0 unspecified atom stereocenters. The summed E-state index contributed by atoms with van der Waals surface area (Å²) < 4.78 is 0.725. The van der Waals surface area contributed by atoms with E-state index in [9.17, 15) is 4.79 Å². The third-order valence-corrected chi connectivity index (χ3v) is 4.82. The Morgan fingerprint density at radius 3 is 2.65 bits per heavy atom. The van der Waals surface area contributed by atoms with E-state index in [-0.39, 0.29) is 11.7 Å². The highest BCUT2D eigenvalue weighted by Gasteiger charge is 2.39. The van der Waals surface area contributed by atoms with Gasteiger partial charge in [0.05, 0.1) is 5.02 Å². The lowest BCUT2D eigenvalue weighted by Gasteiger charge is -2.28. The number of carbonyl (C=O) groups is 1. The lowest BCUT2D eigenvalue weighted by Crippen LogP contribution is -2.55. The van der Waals surface area contributed by atoms with Crippen molar-refractivity contribution in [2.45, 2.75) is 31.2 Å². The van der Waals surface area contributed by atoms with Gasteiger partial charge in [-0.1, -0.05) is 29.6 Å². The molecule has 0 atom stereocenters. The molecule has 0 saturated heterocycles. The van der Waals surface area contributed by atoms with Crippen molar-refractivity contribution in [2.75, 3.05) is 0 Å². The molecule has 2 rings (SSSR count). The maximum Gasteiger partial charge on any atom is 0.252 e. The van der Waals surface area contributed by atoms with Crippen molar-refractivity contribution < 1.29 is 10.0 Å². The van der Waals surface area contributed by atoms with Gasteiger partial charge in [0.2, 0.25) is 0 Å². The minimum absolute atomic E-state index is 0.0477. The van der Waals surface area contributed by atoms with E-state index in [1.165, 1.54) is 0 Å². The van der Waals surface area contributed by atoms with Gasteiger partial charge in [0.15, 0.2) is 5.84 Å². The maximum atomic E-state index is 12.3. The van der Waals surface area contributed by atoms with E-state index in [0.29, 0.717) is 23.4 Å². The molecule has 1 fully saturated rings. The van der Waals surface area contributed by atoms with Crippen LogP contribution in [-0.2, 0) is 0 Å². The summed E-state index contributed by atoms with van der Waals surface area (Å²) in [6.45, 7) is 0. The molecule has 7 heteroatoms. The molecule has 108 valence electrons. The third-order valence-electron chi connectivity index (χ3n) is 3.59. The van der Waals surface area contributed by atoms with Crippen molar-refractivity contribution in [1.29, 1.82) is 0 Å². The lowest BCUT2D eigenvalue weighted by molar-refractivity contribution is 0.0922. The van der Waals surface area contributed by atoms with Gasteiger partial charge in [-0.2, -0.15) is 0 Å². The largest absolute Gasteiger partial charge is 0.409 e. The SMILES string of the molecule is N/C(=N/O)C1(NC(=O)c2ccc(Br)c(Cl)c2)CCCC1. The molecule has 0 bridgehead atoms. The topological polar surface area (TPSA) is 87.7 Å². The summed E-state index contributed by atoms with van der Waals surface area (Å²) in [5.74, 6) is -0.237. The Bertz CT molecular complexity index is 557. The maximum absolute atomic E-state index is 12.3. The molecular formula is C13H15BrClN3O2. The fraction of sp³-hybridized carbons (Fsp3) is 0.385. The number of carbonyl (C=O) groups excluding carboxylic acids is 1. The van der Waals surface area contributed by atoms with E-state index in [1.807, 2.05) is 0 Å². The van der Waals surface area contributed by atoms with E-state index in [0.717, 1.165) is 17.3 Å². The number of hydrogen-bond acceptors (Lipinski definition) is 3. The van der Waals surface area contributed by atoms with Crippen LogP contribution in [0.4, 0.5) is 0 Å². The Labute approximate surface area is 130 Å². The standard InChI is InChI=1S/C13H15BrClN3O2/c14-9-4-3-8(7-10(9)15)11(19)17-13(12(16)18-20)5-1-2-6-13/h3-4,7,20H,1-2,5-6H2,(H2,16,18)(H,17,19). The smallest absolute Gasteiger partial charge is 0.252 e. The van der Waals surface area contributed by atoms with Crippen molar-refractivity contribution in [3.8, 4) is 0 Å². The molecule has 20 heavy (non-hydrogen) atoms. The first-order chi connectivity index (χ1) is 9.48. The quantitative estimate of drug-likeness (QED) is 0.335. The molecule has 0 spiro atoms. The third kappa shape index (κ3) is 2.91. The van der Waals surface area contributed by atoms with E-state index in [4.69, 9.17) is 22.5 Å². The zero-order valence-corrected chi connectivity index (χ0v) is 13.0. The number of rotatable bonds is 3. The Morgan fingerprint density at radius 1 is 1.45 bits per heavy atom. The van der Waals surface area contributed by atoms with E-state index >= 15 is 0 Å². The number of benzene rings is 1. The van der Waals surface area contributed by atoms with Gasteiger partial charge in [0.1, 0.15) is 5.54 Å². The van der Waals surface area contributed by atoms with Crippen LogP contribution >= 0.6 is 27.5 Å². The molecule has 0 heterocycles. The molecule has 1 aliphatic carbocycles. The second-order valence-corrected chi connectivity index (χ2v) is 6.12. The molecule has 1 amide bonds. The second-order valence-electron chi connectivity index (χ2n) is 4.86. The second kappa shape index (κ2) is 6.01. The highest BCUT2D eigenvalue weighted by Crippen LogP contribution is 2.30. The van der Waals surface area contributed by atoms with E-state index in [2.05, 4.69) is 26.4 Å². The van der Waals surface area contributed by atoms with Gasteiger partial charge >= 0.3 is 0 Å². The number of amides is 1. The Morgan fingerprint density at radius 2 is 2.10 bits per heavy atom. The summed E-state index contributed by atoms with van der Waals surface area (Å²) in [5, 5.41) is 15.3. The van der Waals surface area contributed by atoms with Crippen LogP contribution in [0.5, 0.6) is 0 Å². The normalized spacial score (nSPS) is 18.0. The first kappa shape index (κ1) is 15.1. The average molecular weight is 361 g/mol. The van der Waals surface area contributed by atoms with Crippen LogP contribution in [0.2, 0.25) is 5.02 Å². The summed E-state index contributed by atoms with van der Waals surface area (Å²) in [4.78, 5) is 12.3. The Hall–Kier alpha value is -1.27. The van der Waals surface area contributed by atoms with Crippen molar-refractivity contribution in [3.63, 3.8) is 0 Å². The number of amidine groups is 1. The highest BCUT2D eigenvalue weighted by molar-refractivity contribution is 9.10. The fourth-order valence-corrected chi connectivity index (χ4v) is 2.87. The number of oxime groups is 1. The number of hydrogen-bond donors (Lipinski definition) is 3. The molecule has 0 radical (unpaired) electrons. The number of halogens is 2. The summed E-state index contributed by atoms with van der Waals surface area (Å²) in [6.07, 6.45) is 3.19. The van der Waals surface area contributed by atoms with Gasteiger partial charge in [-0.15, -0.1) is 0 Å². The van der Waals surface area contributed by atoms with Crippen molar-refractivity contribution in [2.24, 2.45) is 10.9 Å². The first-order valence-electron chi connectivity index (χ1n) is 6.24. The minimum atomic E-state index is -0.759. The Kier molecular flexibility index (Phi) is 4.55. The zero-order valence-electron chi connectivity index (χ0n) is 10.7. The minimum Gasteiger partial charge on any atom is -0.409 e. The van der Waals surface area contributed by atoms with Crippen molar-refractivity contribution in [3.05, 3.63) is 33.3 Å². The summed E-state index contributed by atoms with van der Waals surface area (Å²) in [6, 6.07) is 4.96. The van der Waals surface area contributed by atoms with Crippen LogP contribution in [0.15, 0.2) is 27.8 Å². The fourth-order valence-electron chi connectivity index (χ4n) is 2.45. The van der Waals surface area contributed by atoms with Crippen LogP contribution in [0, 0.1) is 0 Å². The predicted molar refractivity (Wildman–Crippen MR) is 81.2 cm³/mol. The van der Waals surface area contributed by atoms with Crippen LogP contribution in [-0.4, -0.2) is 22.5 Å². The molecule has 0 aromatic heterocycles. The summed E-state index contributed by atoms with van der Waals surface area (Å²) >= 11 is 9.26. The number of nitrogens with zero attached hydrogens (tertiary/aromatic N) is 1. The molecule has 4 N–H and O–H groups in total. The monoisotopic (exact) mass is 359 g/mol. The predicted octanol–water partition coefficient (Wildman–Crippen LogP) is 2.89. The summed E-state index contributed by atoms with van der Waals surface area (Å²) in [5.41, 5.74) is 5.43. The van der Waals surface area contributed by atoms with Gasteiger partial charge in [-0.05, 0) is 47.0 Å². The van der Waals surface area contributed by atoms with E-state index in [1.54, 1.807) is 18.2 Å². The van der Waals surface area contributed by atoms with Gasteiger partial charge in [-0.25, -0.2) is 0 Å². The zero-order chi connectivity index (χ0) is 14.8. The highest BCUT2D eigenvalue weighted by atomic mass is 79.9.